The minimum Gasteiger partial charge on any atom is -0.372 e. The fourth-order valence-corrected chi connectivity index (χ4v) is 3.20. The van der Waals surface area contributed by atoms with Crippen molar-refractivity contribution in [3.8, 4) is 0 Å². The number of anilines is 1. The van der Waals surface area contributed by atoms with Gasteiger partial charge in [-0.05, 0) is 93.4 Å². The van der Waals surface area contributed by atoms with Crippen LogP contribution in [0.15, 0.2) is 93.3 Å². The molecule has 0 unspecified atom stereocenters. The van der Waals surface area contributed by atoms with E-state index in [1.165, 1.54) is 5.69 Å². The van der Waals surface area contributed by atoms with Gasteiger partial charge in [0.1, 0.15) is 0 Å². The van der Waals surface area contributed by atoms with Crippen molar-refractivity contribution in [1.29, 1.82) is 0 Å². The van der Waals surface area contributed by atoms with Crippen LogP contribution in [0.1, 0.15) is 31.9 Å². The number of hydrogen-bond donors (Lipinski definition) is 0. The van der Waals surface area contributed by atoms with Crippen molar-refractivity contribution in [1.82, 2.24) is 0 Å². The molecule has 31 heavy (non-hydrogen) atoms. The minimum atomic E-state index is 0.792. The highest BCUT2D eigenvalue weighted by atomic mass is 15.1. The van der Waals surface area contributed by atoms with Crippen LogP contribution < -0.4 is 4.90 Å². The Balaban J connectivity index is 1.67. The molecule has 0 spiro atoms. The lowest BCUT2D eigenvalue weighted by Crippen LogP contribution is -2.21. The number of aryl methyl sites for hydroxylation is 1. The normalized spacial score (nSPS) is 11.7. The van der Waals surface area contributed by atoms with Crippen LogP contribution in [0.25, 0.3) is 6.08 Å². The summed E-state index contributed by atoms with van der Waals surface area (Å²) in [7, 11) is 0. The van der Waals surface area contributed by atoms with Crippen LogP contribution in [0, 0.1) is 6.92 Å². The third kappa shape index (κ3) is 6.19. The topological polar surface area (TPSA) is 52.7 Å². The SMILES string of the molecule is CC=Cc1ccc(N=Nc2ccc(N=Nc3ccc(N(CC)CC)cc3)cc2C)cc1. The summed E-state index contributed by atoms with van der Waals surface area (Å²) in [6, 6.07) is 21.9. The van der Waals surface area contributed by atoms with Gasteiger partial charge in [-0.25, -0.2) is 0 Å². The van der Waals surface area contributed by atoms with Crippen LogP contribution in [0.2, 0.25) is 0 Å². The van der Waals surface area contributed by atoms with Crippen LogP contribution in [0.4, 0.5) is 28.4 Å². The third-order valence-corrected chi connectivity index (χ3v) is 4.97. The summed E-state index contributed by atoms with van der Waals surface area (Å²) in [5, 5.41) is 17.5. The van der Waals surface area contributed by atoms with Gasteiger partial charge in [0.25, 0.3) is 0 Å². The van der Waals surface area contributed by atoms with Crippen molar-refractivity contribution >= 4 is 34.5 Å². The van der Waals surface area contributed by atoms with Gasteiger partial charge in [-0.3, -0.25) is 0 Å². The molecule has 0 fully saturated rings. The van der Waals surface area contributed by atoms with E-state index in [2.05, 4.69) is 57.4 Å². The summed E-state index contributed by atoms with van der Waals surface area (Å²) in [5.74, 6) is 0. The molecule has 5 nitrogen and oxygen atoms in total. The molecule has 3 aromatic carbocycles. The molecule has 0 radical (unpaired) electrons. The second kappa shape index (κ2) is 11.0. The number of nitrogens with zero attached hydrogens (tertiary/aromatic N) is 5. The highest BCUT2D eigenvalue weighted by Gasteiger charge is 2.02. The summed E-state index contributed by atoms with van der Waals surface area (Å²) in [4.78, 5) is 2.30. The fraction of sp³-hybridized carbons (Fsp3) is 0.231. The van der Waals surface area contributed by atoms with Gasteiger partial charge in [0, 0.05) is 18.8 Å². The fourth-order valence-electron chi connectivity index (χ4n) is 3.20. The highest BCUT2D eigenvalue weighted by molar-refractivity contribution is 5.56. The van der Waals surface area contributed by atoms with Crippen LogP contribution in [-0.4, -0.2) is 13.1 Å². The quantitative estimate of drug-likeness (QED) is 0.342. The Bertz CT molecular complexity index is 1060. The van der Waals surface area contributed by atoms with Gasteiger partial charge < -0.3 is 4.90 Å². The molecule has 0 heterocycles. The maximum absolute atomic E-state index is 4.38. The van der Waals surface area contributed by atoms with Gasteiger partial charge >= 0.3 is 0 Å². The average molecular weight is 412 g/mol. The van der Waals surface area contributed by atoms with Gasteiger partial charge in [0.2, 0.25) is 0 Å². The molecule has 0 aliphatic carbocycles. The van der Waals surface area contributed by atoms with E-state index >= 15 is 0 Å². The first-order valence-electron chi connectivity index (χ1n) is 10.6. The lowest BCUT2D eigenvalue weighted by Gasteiger charge is -2.20. The first-order chi connectivity index (χ1) is 15.1. The predicted molar refractivity (Wildman–Crippen MR) is 131 cm³/mol. The predicted octanol–water partition coefficient (Wildman–Crippen LogP) is 8.71. The summed E-state index contributed by atoms with van der Waals surface area (Å²) < 4.78 is 0. The summed E-state index contributed by atoms with van der Waals surface area (Å²) in [6.07, 6.45) is 4.07. The molecule has 0 bridgehead atoms. The minimum absolute atomic E-state index is 0.792. The van der Waals surface area contributed by atoms with Gasteiger partial charge in [0.05, 0.1) is 22.7 Å². The molecule has 0 N–H and O–H groups in total. The molecule has 0 aliphatic heterocycles. The smallest absolute Gasteiger partial charge is 0.0887 e. The van der Waals surface area contributed by atoms with Crippen molar-refractivity contribution in [3.63, 3.8) is 0 Å². The van der Waals surface area contributed by atoms with E-state index in [1.54, 1.807) is 0 Å². The van der Waals surface area contributed by atoms with E-state index in [1.807, 2.05) is 74.5 Å². The number of hydrogen-bond acceptors (Lipinski definition) is 5. The Labute approximate surface area is 184 Å². The Hall–Kier alpha value is -3.60. The van der Waals surface area contributed by atoms with E-state index < -0.39 is 0 Å². The molecule has 5 heteroatoms. The Kier molecular flexibility index (Phi) is 7.82. The molecule has 0 atom stereocenters. The van der Waals surface area contributed by atoms with E-state index in [0.717, 1.165) is 47.0 Å². The van der Waals surface area contributed by atoms with Crippen molar-refractivity contribution in [2.45, 2.75) is 27.7 Å². The summed E-state index contributed by atoms with van der Waals surface area (Å²) in [6.45, 7) is 10.3. The zero-order valence-electron chi connectivity index (χ0n) is 18.7. The maximum Gasteiger partial charge on any atom is 0.0887 e. The molecule has 158 valence electrons. The second-order valence-electron chi connectivity index (χ2n) is 7.15. The maximum atomic E-state index is 4.38. The molecule has 0 saturated carbocycles. The molecular formula is C26H29N5. The van der Waals surface area contributed by atoms with E-state index in [9.17, 15) is 0 Å². The Morgan fingerprint density at radius 2 is 1.26 bits per heavy atom. The molecule has 0 saturated heterocycles. The lowest BCUT2D eigenvalue weighted by molar-refractivity contribution is 0.866. The van der Waals surface area contributed by atoms with Crippen molar-refractivity contribution in [2.24, 2.45) is 20.5 Å². The number of benzene rings is 3. The molecular weight excluding hydrogens is 382 g/mol. The average Bonchev–Trinajstić information content (AvgIpc) is 2.80. The summed E-state index contributed by atoms with van der Waals surface area (Å²) >= 11 is 0. The van der Waals surface area contributed by atoms with Crippen LogP contribution in [0.5, 0.6) is 0 Å². The number of rotatable bonds is 8. The highest BCUT2D eigenvalue weighted by Crippen LogP contribution is 2.28. The van der Waals surface area contributed by atoms with Crippen LogP contribution >= 0.6 is 0 Å². The van der Waals surface area contributed by atoms with Gasteiger partial charge in [-0.1, -0.05) is 24.3 Å². The lowest BCUT2D eigenvalue weighted by atomic mass is 10.2. The van der Waals surface area contributed by atoms with Crippen molar-refractivity contribution in [3.05, 3.63) is 83.9 Å². The van der Waals surface area contributed by atoms with Crippen molar-refractivity contribution < 1.29 is 0 Å². The van der Waals surface area contributed by atoms with Crippen LogP contribution in [-0.2, 0) is 0 Å². The first kappa shape index (κ1) is 22.1. The van der Waals surface area contributed by atoms with Crippen molar-refractivity contribution in [2.75, 3.05) is 18.0 Å². The molecule has 0 aliphatic rings. The second-order valence-corrected chi connectivity index (χ2v) is 7.15. The molecule has 3 rings (SSSR count). The standard InChI is InChI=1S/C26H29N5/c1-5-8-21-9-11-22(12-10-21)28-30-26-18-15-24(19-20(26)4)29-27-23-13-16-25(17-14-23)31(6-2)7-3/h5,8-19H,6-7H2,1-4H3. The van der Waals surface area contributed by atoms with E-state index in [0.29, 0.717) is 0 Å². The van der Waals surface area contributed by atoms with Gasteiger partial charge in [-0.15, -0.1) is 0 Å². The number of azo groups is 2. The van der Waals surface area contributed by atoms with E-state index in [-0.39, 0.29) is 0 Å². The Morgan fingerprint density at radius 1 is 0.710 bits per heavy atom. The molecule has 0 amide bonds. The molecule has 0 aromatic heterocycles. The third-order valence-electron chi connectivity index (χ3n) is 4.97. The van der Waals surface area contributed by atoms with Crippen LogP contribution in [0.3, 0.4) is 0 Å². The van der Waals surface area contributed by atoms with Gasteiger partial charge in [-0.2, -0.15) is 20.5 Å². The van der Waals surface area contributed by atoms with Gasteiger partial charge in [0.15, 0.2) is 0 Å². The Morgan fingerprint density at radius 3 is 1.84 bits per heavy atom. The molecule has 3 aromatic rings. The monoisotopic (exact) mass is 411 g/mol. The largest absolute Gasteiger partial charge is 0.372 e. The zero-order valence-corrected chi connectivity index (χ0v) is 18.7. The number of allylic oxidation sites excluding steroid dienone is 1. The van der Waals surface area contributed by atoms with E-state index in [4.69, 9.17) is 0 Å². The first-order valence-corrected chi connectivity index (χ1v) is 10.6. The zero-order chi connectivity index (χ0) is 22.1. The summed E-state index contributed by atoms with van der Waals surface area (Å²) in [5.41, 5.74) is 6.62.